The van der Waals surface area contributed by atoms with Gasteiger partial charge in [-0.05, 0) is 61.9 Å². The van der Waals surface area contributed by atoms with Gasteiger partial charge in [0.15, 0.2) is 0 Å². The summed E-state index contributed by atoms with van der Waals surface area (Å²) in [5, 5.41) is 3.16. The highest BCUT2D eigenvalue weighted by atomic mass is 16.5. The number of hydrogen-bond acceptors (Lipinski definition) is 3. The lowest BCUT2D eigenvalue weighted by molar-refractivity contribution is 0.00380. The topological polar surface area (TPSA) is 38.7 Å². The quantitative estimate of drug-likeness (QED) is 0.626. The van der Waals surface area contributed by atoms with Crippen LogP contribution in [-0.4, -0.2) is 6.61 Å². The maximum atomic E-state index is 11.0. The highest BCUT2D eigenvalue weighted by Gasteiger charge is 2.42. The zero-order valence-corrected chi connectivity index (χ0v) is 13.5. The van der Waals surface area contributed by atoms with Crippen LogP contribution in [0.25, 0.3) is 0 Å². The fourth-order valence-electron chi connectivity index (χ4n) is 2.87. The SMILES string of the molecule is C=C1OCC2(CCC2)C/C1=C(\C)C(N=O)=C(C)C.CC. The summed E-state index contributed by atoms with van der Waals surface area (Å²) in [5.41, 5.74) is 3.80. The lowest BCUT2D eigenvalue weighted by atomic mass is 9.64. The third kappa shape index (κ3) is 3.20. The Balaban J connectivity index is 0.000000956. The van der Waals surface area contributed by atoms with Crippen molar-refractivity contribution in [1.82, 2.24) is 0 Å². The minimum absolute atomic E-state index is 0.299. The van der Waals surface area contributed by atoms with Crippen LogP contribution in [0.1, 0.15) is 60.3 Å². The summed E-state index contributed by atoms with van der Waals surface area (Å²) in [5.74, 6) is 0.715. The van der Waals surface area contributed by atoms with E-state index < -0.39 is 0 Å². The summed E-state index contributed by atoms with van der Waals surface area (Å²) in [7, 11) is 0. The summed E-state index contributed by atoms with van der Waals surface area (Å²) in [4.78, 5) is 11.0. The van der Waals surface area contributed by atoms with E-state index in [4.69, 9.17) is 4.74 Å². The zero-order chi connectivity index (χ0) is 15.3. The van der Waals surface area contributed by atoms with Crippen molar-refractivity contribution >= 4 is 0 Å². The number of nitrogens with zero attached hydrogens (tertiary/aromatic N) is 1. The van der Waals surface area contributed by atoms with Gasteiger partial charge in [0.2, 0.25) is 0 Å². The van der Waals surface area contributed by atoms with Gasteiger partial charge in [-0.2, -0.15) is 0 Å². The van der Waals surface area contributed by atoms with Crippen LogP contribution in [0.4, 0.5) is 0 Å². The average molecular weight is 277 g/mol. The van der Waals surface area contributed by atoms with E-state index in [1.54, 1.807) is 0 Å². The molecule has 112 valence electrons. The van der Waals surface area contributed by atoms with Crippen LogP contribution in [0.5, 0.6) is 0 Å². The van der Waals surface area contributed by atoms with Gasteiger partial charge < -0.3 is 4.74 Å². The molecule has 0 atom stereocenters. The van der Waals surface area contributed by atoms with E-state index >= 15 is 0 Å². The van der Waals surface area contributed by atoms with Crippen LogP contribution in [-0.2, 0) is 4.74 Å². The van der Waals surface area contributed by atoms with E-state index in [1.807, 2.05) is 34.6 Å². The first-order valence-corrected chi connectivity index (χ1v) is 7.52. The molecule has 0 unspecified atom stereocenters. The molecule has 0 N–H and O–H groups in total. The van der Waals surface area contributed by atoms with Gasteiger partial charge in [0, 0.05) is 5.41 Å². The number of hydrogen-bond donors (Lipinski definition) is 0. The smallest absolute Gasteiger partial charge is 0.115 e. The third-order valence-corrected chi connectivity index (χ3v) is 4.23. The van der Waals surface area contributed by atoms with Crippen molar-refractivity contribution < 1.29 is 4.74 Å². The lowest BCUT2D eigenvalue weighted by Crippen LogP contribution is -2.38. The van der Waals surface area contributed by atoms with Crippen LogP contribution in [0.2, 0.25) is 0 Å². The predicted octanol–water partition coefficient (Wildman–Crippen LogP) is 5.49. The molecule has 3 nitrogen and oxygen atoms in total. The molecule has 1 aliphatic carbocycles. The van der Waals surface area contributed by atoms with Crippen LogP contribution < -0.4 is 0 Å². The summed E-state index contributed by atoms with van der Waals surface area (Å²) >= 11 is 0. The number of nitroso groups, excluding NO2 is 1. The second-order valence-corrected chi connectivity index (χ2v) is 5.79. The van der Waals surface area contributed by atoms with Gasteiger partial charge in [0.05, 0.1) is 6.61 Å². The van der Waals surface area contributed by atoms with Crippen molar-refractivity contribution in [2.45, 2.75) is 60.3 Å². The van der Waals surface area contributed by atoms with Gasteiger partial charge >= 0.3 is 0 Å². The van der Waals surface area contributed by atoms with E-state index in [0.29, 0.717) is 16.9 Å². The maximum Gasteiger partial charge on any atom is 0.115 e. The molecule has 0 aromatic rings. The van der Waals surface area contributed by atoms with Crippen molar-refractivity contribution in [2.24, 2.45) is 10.6 Å². The van der Waals surface area contributed by atoms with Gasteiger partial charge in [-0.3, -0.25) is 0 Å². The Labute approximate surface area is 122 Å². The van der Waals surface area contributed by atoms with Gasteiger partial charge in [-0.15, -0.1) is 4.91 Å². The average Bonchev–Trinajstić information content (AvgIpc) is 2.40. The Bertz CT molecular complexity index is 450. The first kappa shape index (κ1) is 16.7. The Hall–Kier alpha value is -1.38. The molecule has 1 aliphatic heterocycles. The van der Waals surface area contributed by atoms with Crippen molar-refractivity contribution in [3.05, 3.63) is 39.7 Å². The summed E-state index contributed by atoms with van der Waals surface area (Å²) in [6, 6.07) is 0. The van der Waals surface area contributed by atoms with E-state index in [0.717, 1.165) is 29.7 Å². The molecule has 0 bridgehead atoms. The molecule has 0 amide bonds. The van der Waals surface area contributed by atoms with Crippen molar-refractivity contribution in [3.63, 3.8) is 0 Å². The monoisotopic (exact) mass is 277 g/mol. The molecule has 2 fully saturated rings. The Kier molecular flexibility index (Phi) is 5.73. The van der Waals surface area contributed by atoms with Crippen molar-refractivity contribution in [1.29, 1.82) is 0 Å². The fraction of sp³-hybridized carbons (Fsp3) is 0.647. The second-order valence-electron chi connectivity index (χ2n) is 5.79. The molecule has 2 rings (SSSR count). The molecule has 0 aromatic carbocycles. The van der Waals surface area contributed by atoms with E-state index in [-0.39, 0.29) is 0 Å². The standard InChI is InChI=1S/C15H21NO2.C2H6/c1-10(2)14(16-17)11(3)13-8-15(6-5-7-15)9-18-12(13)4;1-2/h4-9H2,1-3H3;1-2H3/b13-11-;. The highest BCUT2D eigenvalue weighted by Crippen LogP contribution is 2.51. The highest BCUT2D eigenvalue weighted by molar-refractivity contribution is 5.43. The second kappa shape index (κ2) is 6.87. The van der Waals surface area contributed by atoms with Crippen LogP contribution >= 0.6 is 0 Å². The van der Waals surface area contributed by atoms with Crippen LogP contribution in [0, 0.1) is 10.3 Å². The number of allylic oxidation sites excluding steroid dienone is 3. The molecule has 20 heavy (non-hydrogen) atoms. The van der Waals surface area contributed by atoms with Crippen LogP contribution in [0.3, 0.4) is 0 Å². The molecular weight excluding hydrogens is 250 g/mol. The predicted molar refractivity (Wildman–Crippen MR) is 84.2 cm³/mol. The lowest BCUT2D eigenvalue weighted by Gasteiger charge is -2.46. The maximum absolute atomic E-state index is 11.0. The van der Waals surface area contributed by atoms with Gasteiger partial charge in [0.25, 0.3) is 0 Å². The number of rotatable bonds is 2. The van der Waals surface area contributed by atoms with E-state index in [9.17, 15) is 4.91 Å². The minimum atomic E-state index is 0.299. The van der Waals surface area contributed by atoms with Gasteiger partial charge in [0.1, 0.15) is 11.5 Å². The van der Waals surface area contributed by atoms with Crippen molar-refractivity contribution in [2.75, 3.05) is 6.61 Å². The first-order valence-electron chi connectivity index (χ1n) is 7.52. The van der Waals surface area contributed by atoms with Crippen LogP contribution in [0.15, 0.2) is 39.9 Å². The van der Waals surface area contributed by atoms with Gasteiger partial charge in [-0.1, -0.05) is 26.8 Å². The van der Waals surface area contributed by atoms with E-state index in [2.05, 4.69) is 11.8 Å². The number of ether oxygens (including phenoxy) is 1. The molecule has 1 saturated heterocycles. The normalized spacial score (nSPS) is 21.9. The fourth-order valence-corrected chi connectivity index (χ4v) is 2.87. The third-order valence-electron chi connectivity index (χ3n) is 4.23. The summed E-state index contributed by atoms with van der Waals surface area (Å²) in [6.07, 6.45) is 4.69. The molecule has 1 heterocycles. The largest absolute Gasteiger partial charge is 0.493 e. The Morgan fingerprint density at radius 3 is 2.25 bits per heavy atom. The van der Waals surface area contributed by atoms with Crippen molar-refractivity contribution in [3.8, 4) is 0 Å². The molecule has 1 spiro atoms. The molecule has 0 aromatic heterocycles. The Morgan fingerprint density at radius 1 is 1.25 bits per heavy atom. The molecule has 2 aliphatic rings. The van der Waals surface area contributed by atoms with E-state index in [1.165, 1.54) is 19.3 Å². The molecule has 0 radical (unpaired) electrons. The molecule has 1 saturated carbocycles. The van der Waals surface area contributed by atoms with Gasteiger partial charge in [-0.25, -0.2) is 0 Å². The molecule has 3 heteroatoms. The summed E-state index contributed by atoms with van der Waals surface area (Å²) in [6.45, 7) is 14.5. The minimum Gasteiger partial charge on any atom is -0.493 e. The molecular formula is C17H27NO2. The summed E-state index contributed by atoms with van der Waals surface area (Å²) < 4.78 is 5.73. The first-order chi connectivity index (χ1) is 9.49. The zero-order valence-electron chi connectivity index (χ0n) is 13.5. The Morgan fingerprint density at radius 2 is 1.85 bits per heavy atom.